The van der Waals surface area contributed by atoms with Crippen LogP contribution in [0.15, 0.2) is 17.6 Å². The second-order valence-electron chi connectivity index (χ2n) is 2.86. The Labute approximate surface area is 65.8 Å². The van der Waals surface area contributed by atoms with E-state index in [9.17, 15) is 4.39 Å². The van der Waals surface area contributed by atoms with Crippen LogP contribution in [0.25, 0.3) is 0 Å². The summed E-state index contributed by atoms with van der Waals surface area (Å²) in [7, 11) is 0. The van der Waals surface area contributed by atoms with Gasteiger partial charge in [-0.25, -0.2) is 4.99 Å². The van der Waals surface area contributed by atoms with Crippen LogP contribution in [0, 0.1) is 0 Å². The lowest BCUT2D eigenvalue weighted by Crippen LogP contribution is -2.34. The smallest absolute Gasteiger partial charge is 0.249 e. The summed E-state index contributed by atoms with van der Waals surface area (Å²) in [5.41, 5.74) is 0. The van der Waals surface area contributed by atoms with Gasteiger partial charge in [0, 0.05) is 20.3 Å². The largest absolute Gasteiger partial charge is 0.446 e. The Bertz CT molecular complexity index is 198. The first kappa shape index (κ1) is 8.24. The van der Waals surface area contributed by atoms with Gasteiger partial charge < -0.3 is 4.74 Å². The van der Waals surface area contributed by atoms with Gasteiger partial charge >= 0.3 is 0 Å². The monoisotopic (exact) mass is 157 g/mol. The zero-order valence-corrected chi connectivity index (χ0v) is 6.80. The van der Waals surface area contributed by atoms with E-state index >= 15 is 0 Å². The Morgan fingerprint density at radius 1 is 1.91 bits per heavy atom. The normalized spacial score (nSPS) is 37.4. The molecule has 0 radical (unpaired) electrons. The molecule has 1 rings (SSSR count). The summed E-state index contributed by atoms with van der Waals surface area (Å²) < 4.78 is 18.0. The van der Waals surface area contributed by atoms with Crippen LogP contribution >= 0.6 is 0 Å². The molecule has 0 aliphatic carbocycles. The van der Waals surface area contributed by atoms with Gasteiger partial charge in [0.25, 0.3) is 0 Å². The zero-order chi connectivity index (χ0) is 8.48. The minimum absolute atomic E-state index is 0.140. The molecule has 0 bridgehead atoms. The first-order valence-corrected chi connectivity index (χ1v) is 3.58. The van der Waals surface area contributed by atoms with Gasteiger partial charge in [0.1, 0.15) is 0 Å². The lowest BCUT2D eigenvalue weighted by Gasteiger charge is -2.28. The van der Waals surface area contributed by atoms with Gasteiger partial charge in [0.2, 0.25) is 5.85 Å². The minimum Gasteiger partial charge on any atom is -0.446 e. The van der Waals surface area contributed by atoms with Crippen molar-refractivity contribution in [2.24, 2.45) is 4.99 Å². The summed E-state index contributed by atoms with van der Waals surface area (Å²) in [6.07, 6.45) is 1.89. The number of alkyl halides is 1. The Hall–Kier alpha value is -0.860. The third-order valence-electron chi connectivity index (χ3n) is 1.55. The van der Waals surface area contributed by atoms with Gasteiger partial charge in [0.15, 0.2) is 5.90 Å². The molecule has 3 heteroatoms. The summed E-state index contributed by atoms with van der Waals surface area (Å²) in [6, 6.07) is -0.140. The van der Waals surface area contributed by atoms with Crippen LogP contribution in [0.2, 0.25) is 0 Å². The topological polar surface area (TPSA) is 21.6 Å². The van der Waals surface area contributed by atoms with Crippen molar-refractivity contribution >= 4 is 5.90 Å². The highest BCUT2D eigenvalue weighted by Crippen LogP contribution is 2.25. The fourth-order valence-electron chi connectivity index (χ4n) is 1.16. The van der Waals surface area contributed by atoms with Gasteiger partial charge in [-0.3, -0.25) is 0 Å². The van der Waals surface area contributed by atoms with Crippen molar-refractivity contribution < 1.29 is 9.13 Å². The van der Waals surface area contributed by atoms with E-state index in [-0.39, 0.29) is 12.5 Å². The molecule has 0 spiro atoms. The van der Waals surface area contributed by atoms with Crippen LogP contribution in [-0.4, -0.2) is 17.8 Å². The molecule has 2 atom stereocenters. The molecule has 0 N–H and O–H groups in total. The molecule has 0 aromatic carbocycles. The van der Waals surface area contributed by atoms with Crippen LogP contribution in [0.1, 0.15) is 20.3 Å². The maximum Gasteiger partial charge on any atom is 0.249 e. The predicted octanol–water partition coefficient (Wildman–Crippen LogP) is 2.07. The fraction of sp³-hybridized carbons (Fsp3) is 0.625. The van der Waals surface area contributed by atoms with Crippen molar-refractivity contribution in [1.29, 1.82) is 0 Å². The maximum atomic E-state index is 13.2. The van der Waals surface area contributed by atoms with Crippen molar-refractivity contribution in [2.75, 3.05) is 0 Å². The van der Waals surface area contributed by atoms with E-state index in [4.69, 9.17) is 4.74 Å². The Morgan fingerprint density at radius 3 is 3.00 bits per heavy atom. The van der Waals surface area contributed by atoms with E-state index in [0.717, 1.165) is 0 Å². The van der Waals surface area contributed by atoms with E-state index in [2.05, 4.69) is 11.6 Å². The Morgan fingerprint density at radius 2 is 2.55 bits per heavy atom. The summed E-state index contributed by atoms with van der Waals surface area (Å²) in [5, 5.41) is 0. The molecule has 1 aliphatic rings. The number of aliphatic imine (C=N–C) groups is 1. The average molecular weight is 157 g/mol. The van der Waals surface area contributed by atoms with Crippen LogP contribution in [0.3, 0.4) is 0 Å². The second-order valence-corrected chi connectivity index (χ2v) is 2.86. The molecule has 0 unspecified atom stereocenters. The SMILES string of the molecule is C=C[C@H]1C[C@](C)(F)OC(C)=N1. The van der Waals surface area contributed by atoms with Crippen molar-refractivity contribution in [2.45, 2.75) is 32.2 Å². The fourth-order valence-corrected chi connectivity index (χ4v) is 1.16. The average Bonchev–Trinajstić information content (AvgIpc) is 1.83. The molecule has 0 aromatic rings. The molecule has 0 amide bonds. The van der Waals surface area contributed by atoms with Crippen molar-refractivity contribution in [3.05, 3.63) is 12.7 Å². The number of hydrogen-bond acceptors (Lipinski definition) is 2. The minimum atomic E-state index is -1.58. The first-order chi connectivity index (χ1) is 5.03. The number of nitrogens with zero attached hydrogens (tertiary/aromatic N) is 1. The number of hydrogen-bond donors (Lipinski definition) is 0. The lowest BCUT2D eigenvalue weighted by molar-refractivity contribution is -0.0742. The molecule has 1 heterocycles. The maximum absolute atomic E-state index is 13.2. The highest BCUT2D eigenvalue weighted by molar-refractivity contribution is 5.74. The van der Waals surface area contributed by atoms with E-state index in [1.165, 1.54) is 6.92 Å². The van der Waals surface area contributed by atoms with Crippen molar-refractivity contribution in [3.8, 4) is 0 Å². The highest BCUT2D eigenvalue weighted by atomic mass is 19.2. The molecule has 1 aliphatic heterocycles. The number of rotatable bonds is 1. The van der Waals surface area contributed by atoms with Crippen LogP contribution in [0.4, 0.5) is 4.39 Å². The first-order valence-electron chi connectivity index (χ1n) is 3.58. The van der Waals surface area contributed by atoms with E-state index in [0.29, 0.717) is 5.90 Å². The molecule has 0 saturated heterocycles. The Kier molecular flexibility index (Phi) is 1.98. The van der Waals surface area contributed by atoms with Gasteiger partial charge in [-0.15, -0.1) is 6.58 Å². The predicted molar refractivity (Wildman–Crippen MR) is 42.3 cm³/mol. The van der Waals surface area contributed by atoms with Gasteiger partial charge in [-0.2, -0.15) is 4.39 Å². The van der Waals surface area contributed by atoms with E-state index < -0.39 is 5.85 Å². The zero-order valence-electron chi connectivity index (χ0n) is 6.80. The van der Waals surface area contributed by atoms with Crippen molar-refractivity contribution in [1.82, 2.24) is 0 Å². The standard InChI is InChI=1S/C8H12FNO/c1-4-7-5-8(3,9)11-6(2)10-7/h4,7H,1,5H2,2-3H3/t7-,8+/m0/s1. The molecule has 0 aromatic heterocycles. The Balaban J connectivity index is 2.76. The van der Waals surface area contributed by atoms with Crippen molar-refractivity contribution in [3.63, 3.8) is 0 Å². The van der Waals surface area contributed by atoms with E-state index in [1.54, 1.807) is 13.0 Å². The quantitative estimate of drug-likeness (QED) is 0.534. The highest BCUT2D eigenvalue weighted by Gasteiger charge is 2.32. The lowest BCUT2D eigenvalue weighted by atomic mass is 10.1. The summed E-state index contributed by atoms with van der Waals surface area (Å²) in [6.45, 7) is 6.61. The molecule has 11 heavy (non-hydrogen) atoms. The third-order valence-corrected chi connectivity index (χ3v) is 1.55. The summed E-state index contributed by atoms with van der Waals surface area (Å²) >= 11 is 0. The molecule has 62 valence electrons. The number of halogens is 1. The molecular weight excluding hydrogens is 145 g/mol. The summed E-state index contributed by atoms with van der Waals surface area (Å²) in [4.78, 5) is 4.03. The van der Waals surface area contributed by atoms with Crippen LogP contribution < -0.4 is 0 Å². The third kappa shape index (κ3) is 2.03. The van der Waals surface area contributed by atoms with E-state index in [1.807, 2.05) is 0 Å². The van der Waals surface area contributed by atoms with Gasteiger partial charge in [-0.05, 0) is 0 Å². The second kappa shape index (κ2) is 2.64. The summed E-state index contributed by atoms with van der Waals surface area (Å²) in [5.74, 6) is -1.18. The molecule has 0 saturated carbocycles. The molecular formula is C8H12FNO. The molecule has 2 nitrogen and oxygen atoms in total. The molecule has 0 fully saturated rings. The van der Waals surface area contributed by atoms with Crippen LogP contribution in [0.5, 0.6) is 0 Å². The van der Waals surface area contributed by atoms with Gasteiger partial charge in [-0.1, -0.05) is 6.08 Å². The van der Waals surface area contributed by atoms with Crippen LogP contribution in [-0.2, 0) is 4.74 Å². The number of ether oxygens (including phenoxy) is 1. The van der Waals surface area contributed by atoms with Gasteiger partial charge in [0.05, 0.1) is 6.04 Å².